The molecule has 2 aliphatic rings. The summed E-state index contributed by atoms with van der Waals surface area (Å²) in [7, 11) is 0. The number of carbonyl (C=O) groups excluding carboxylic acids is 1. The Labute approximate surface area is 233 Å². The molecule has 2 aromatic rings. The van der Waals surface area contributed by atoms with Gasteiger partial charge in [-0.25, -0.2) is 4.79 Å². The number of hydrogen-bond donors (Lipinski definition) is 0. The van der Waals surface area contributed by atoms with Crippen molar-refractivity contribution in [2.24, 2.45) is 0 Å². The molecule has 0 atom stereocenters. The second kappa shape index (κ2) is 12.1. The molecule has 8 heteroatoms. The van der Waals surface area contributed by atoms with Crippen LogP contribution in [0.15, 0.2) is 47.7 Å². The monoisotopic (exact) mass is 586 g/mol. The van der Waals surface area contributed by atoms with Crippen LogP contribution in [-0.2, 0) is 4.74 Å². The molecule has 0 N–H and O–H groups in total. The van der Waals surface area contributed by atoms with E-state index >= 15 is 8.63 Å². The molecule has 0 aliphatic carbocycles. The molecule has 0 fully saturated rings. The summed E-state index contributed by atoms with van der Waals surface area (Å²) in [6.07, 6.45) is 11.2. The standard InChI is InChI=1S/C30H38BBrF2N2O2/c1-21-19-23(3)35-28(21)27(29-22(2)20-24(4)36(29)31(35,33)34)25-13-15-26(16-14-25)30(37)38-18-12-10-8-6-5-7-9-11-17-32/h13-16,19-20H,5-12,17-18H2,1-4H3. The van der Waals surface area contributed by atoms with Gasteiger partial charge in [-0.3, -0.25) is 0 Å². The van der Waals surface area contributed by atoms with Gasteiger partial charge in [-0.15, -0.1) is 0 Å². The highest BCUT2D eigenvalue weighted by molar-refractivity contribution is 9.09. The molecule has 3 heterocycles. The van der Waals surface area contributed by atoms with Crippen molar-refractivity contribution in [2.75, 3.05) is 11.9 Å². The Balaban J connectivity index is 1.45. The van der Waals surface area contributed by atoms with Gasteiger partial charge in [0, 0.05) is 29.6 Å². The second-order valence-corrected chi connectivity index (χ2v) is 11.4. The van der Waals surface area contributed by atoms with Crippen LogP contribution in [0.3, 0.4) is 0 Å². The number of unbranched alkanes of at least 4 members (excludes halogenated alkanes) is 7. The number of esters is 1. The Bertz CT molecular complexity index is 1290. The van der Waals surface area contributed by atoms with E-state index in [-0.39, 0.29) is 5.97 Å². The van der Waals surface area contributed by atoms with Gasteiger partial charge in [-0.2, -0.15) is 0 Å². The van der Waals surface area contributed by atoms with Crippen molar-refractivity contribution in [2.45, 2.75) is 79.1 Å². The van der Waals surface area contributed by atoms with E-state index in [0.717, 1.165) is 40.4 Å². The quantitative estimate of drug-likeness (QED) is 0.109. The molecule has 1 aromatic carbocycles. The Kier molecular flexibility index (Phi) is 9.12. The molecule has 0 radical (unpaired) electrons. The molecular weight excluding hydrogens is 549 g/mol. The average molecular weight is 587 g/mol. The number of benzene rings is 1. The van der Waals surface area contributed by atoms with Gasteiger partial charge >= 0.3 is 12.9 Å². The number of aromatic nitrogens is 1. The Morgan fingerprint density at radius 1 is 0.947 bits per heavy atom. The smallest absolute Gasteiger partial charge is 0.462 e. The molecule has 38 heavy (non-hydrogen) atoms. The minimum absolute atomic E-state index is 0.347. The SMILES string of the molecule is CC1=CC(C)=[N+]2C1=C(c1ccc(C(=O)OCCCCCCCCCCBr)cc1)c1c(C)cc(C)n1[B-]2(F)F. The number of fused-ring (bicyclic) bond motifs is 2. The second-order valence-electron chi connectivity index (χ2n) is 10.6. The summed E-state index contributed by atoms with van der Waals surface area (Å²) in [4.78, 5) is 12.6. The lowest BCUT2D eigenvalue weighted by Crippen LogP contribution is -2.51. The van der Waals surface area contributed by atoms with Crippen molar-refractivity contribution in [1.29, 1.82) is 0 Å². The summed E-state index contributed by atoms with van der Waals surface area (Å²) in [5, 5.41) is 1.08. The highest BCUT2D eigenvalue weighted by Crippen LogP contribution is 2.44. The predicted molar refractivity (Wildman–Crippen MR) is 155 cm³/mol. The summed E-state index contributed by atoms with van der Waals surface area (Å²) < 4.78 is 39.5. The molecule has 204 valence electrons. The third-order valence-electron chi connectivity index (χ3n) is 7.60. The maximum Gasteiger partial charge on any atom is 0.737 e. The molecule has 2 aliphatic heterocycles. The molecule has 0 saturated heterocycles. The van der Waals surface area contributed by atoms with Crippen molar-refractivity contribution in [3.63, 3.8) is 0 Å². The van der Waals surface area contributed by atoms with Crippen LogP contribution < -0.4 is 0 Å². The van der Waals surface area contributed by atoms with Crippen molar-refractivity contribution in [3.8, 4) is 0 Å². The van der Waals surface area contributed by atoms with E-state index in [1.807, 2.05) is 38.1 Å². The van der Waals surface area contributed by atoms with Crippen molar-refractivity contribution in [3.05, 3.63) is 75.8 Å². The van der Waals surface area contributed by atoms with Crippen molar-refractivity contribution in [1.82, 2.24) is 4.48 Å². The van der Waals surface area contributed by atoms with Gasteiger partial charge in [0.2, 0.25) is 0 Å². The maximum absolute atomic E-state index is 15.8. The van der Waals surface area contributed by atoms with Crippen molar-refractivity contribution >= 4 is 40.2 Å². The molecule has 0 spiro atoms. The summed E-state index contributed by atoms with van der Waals surface area (Å²) in [5.74, 6) is -0.347. The van der Waals surface area contributed by atoms with Gasteiger partial charge in [0.15, 0.2) is 5.70 Å². The van der Waals surface area contributed by atoms with E-state index < -0.39 is 6.97 Å². The number of hydrogen-bond acceptors (Lipinski definition) is 2. The van der Waals surface area contributed by atoms with Gasteiger partial charge in [-0.1, -0.05) is 66.6 Å². The van der Waals surface area contributed by atoms with E-state index in [2.05, 4.69) is 15.9 Å². The summed E-state index contributed by atoms with van der Waals surface area (Å²) in [6.45, 7) is 3.62. The molecule has 4 rings (SSSR count). The highest BCUT2D eigenvalue weighted by atomic mass is 79.9. The first-order chi connectivity index (χ1) is 18.2. The van der Waals surface area contributed by atoms with Gasteiger partial charge in [0.1, 0.15) is 5.71 Å². The lowest BCUT2D eigenvalue weighted by Gasteiger charge is -2.34. The topological polar surface area (TPSA) is 34.2 Å². The molecule has 0 unspecified atom stereocenters. The molecule has 0 saturated carbocycles. The fraction of sp³-hybridized carbons (Fsp3) is 0.467. The molecule has 4 nitrogen and oxygen atoms in total. The van der Waals surface area contributed by atoms with E-state index in [1.165, 1.54) is 47.5 Å². The Hall–Kier alpha value is -2.48. The highest BCUT2D eigenvalue weighted by Gasteiger charge is 2.55. The third kappa shape index (κ3) is 5.61. The van der Waals surface area contributed by atoms with Gasteiger partial charge in [0.25, 0.3) is 0 Å². The third-order valence-corrected chi connectivity index (χ3v) is 8.17. The van der Waals surface area contributed by atoms with Crippen LogP contribution in [0.5, 0.6) is 0 Å². The zero-order valence-electron chi connectivity index (χ0n) is 23.0. The molecule has 0 bridgehead atoms. The number of halogens is 3. The molecule has 0 amide bonds. The number of aryl methyl sites for hydroxylation is 2. The number of alkyl halides is 1. The minimum atomic E-state index is -4.01. The predicted octanol–water partition coefficient (Wildman–Crippen LogP) is 8.21. The van der Waals surface area contributed by atoms with Crippen LogP contribution in [0, 0.1) is 13.8 Å². The maximum atomic E-state index is 15.8. The number of carbonyl (C=O) groups is 1. The number of rotatable bonds is 12. The van der Waals surface area contributed by atoms with E-state index in [1.54, 1.807) is 26.0 Å². The van der Waals surface area contributed by atoms with E-state index in [9.17, 15) is 4.79 Å². The number of ether oxygens (including phenoxy) is 1. The van der Waals surface area contributed by atoms with Crippen LogP contribution in [0.2, 0.25) is 0 Å². The van der Waals surface area contributed by atoms with Crippen molar-refractivity contribution < 1.29 is 22.6 Å². The molecule has 1 aromatic heterocycles. The summed E-state index contributed by atoms with van der Waals surface area (Å²) >= 11 is 3.46. The lowest BCUT2D eigenvalue weighted by molar-refractivity contribution is -0.363. The summed E-state index contributed by atoms with van der Waals surface area (Å²) in [6, 6.07) is 8.98. The first-order valence-corrected chi connectivity index (χ1v) is 14.9. The Morgan fingerprint density at radius 2 is 1.55 bits per heavy atom. The fourth-order valence-corrected chi connectivity index (χ4v) is 6.25. The van der Waals surface area contributed by atoms with E-state index in [4.69, 9.17) is 4.74 Å². The van der Waals surface area contributed by atoms with E-state index in [0.29, 0.717) is 35.0 Å². The van der Waals surface area contributed by atoms with Crippen LogP contribution in [0.25, 0.3) is 5.57 Å². The van der Waals surface area contributed by atoms with Crippen LogP contribution in [0.1, 0.15) is 98.1 Å². The first-order valence-electron chi connectivity index (χ1n) is 13.8. The number of allylic oxidation sites excluding steroid dienone is 2. The van der Waals surface area contributed by atoms with Crippen LogP contribution in [0.4, 0.5) is 8.63 Å². The Morgan fingerprint density at radius 3 is 2.18 bits per heavy atom. The lowest BCUT2D eigenvalue weighted by atomic mass is 9.83. The average Bonchev–Trinajstić information content (AvgIpc) is 3.35. The van der Waals surface area contributed by atoms with Crippen LogP contribution in [-0.4, -0.2) is 39.6 Å². The van der Waals surface area contributed by atoms with Gasteiger partial charge < -0.3 is 22.3 Å². The summed E-state index contributed by atoms with van der Waals surface area (Å²) in [5.41, 5.74) is 5.81. The number of nitrogens with zero attached hydrogens (tertiary/aromatic N) is 2. The van der Waals surface area contributed by atoms with Gasteiger partial charge in [-0.05, 0) is 68.6 Å². The molecular formula is C30H38BBrF2N2O2. The first kappa shape index (κ1) is 28.5. The van der Waals surface area contributed by atoms with Crippen LogP contribution >= 0.6 is 15.9 Å². The zero-order valence-corrected chi connectivity index (χ0v) is 24.5. The largest absolute Gasteiger partial charge is 0.737 e. The zero-order chi connectivity index (χ0) is 27.4. The minimum Gasteiger partial charge on any atom is -0.462 e. The fourth-order valence-electron chi connectivity index (χ4n) is 5.85. The van der Waals surface area contributed by atoms with Gasteiger partial charge in [0.05, 0.1) is 17.7 Å². The normalized spacial score (nSPS) is 16.0.